The van der Waals surface area contributed by atoms with Crippen molar-refractivity contribution in [2.24, 2.45) is 5.92 Å². The standard InChI is InChI=1S/C16H26N4O4S2/c1-3-24-16(23)20-12(21)9-5-7-25-14(9)19-13(22)15-18-11-8(2)17-6-4-10(11)26-15/h8-11,14-15,17-18H,3-7H2,1-2H3,(H,19,22)(H,20,21,23). The lowest BCUT2D eigenvalue weighted by molar-refractivity contribution is -0.125. The number of alkyl carbamates (subject to hydrolysis) is 1. The van der Waals surface area contributed by atoms with Crippen molar-refractivity contribution in [3.63, 3.8) is 0 Å². The molecule has 0 aromatic carbocycles. The molecule has 8 nitrogen and oxygen atoms in total. The Morgan fingerprint density at radius 2 is 2.04 bits per heavy atom. The maximum absolute atomic E-state index is 12.7. The SMILES string of the molecule is CCOC(=O)NC(=O)C1CCSC1NC(=O)C1NC2C(C)NCCC2S1. The maximum Gasteiger partial charge on any atom is 0.413 e. The van der Waals surface area contributed by atoms with Crippen LogP contribution in [-0.4, -0.2) is 64.9 Å². The fraction of sp³-hybridized carbons (Fsp3) is 0.812. The molecule has 146 valence electrons. The Balaban J connectivity index is 1.53. The van der Waals surface area contributed by atoms with Gasteiger partial charge < -0.3 is 15.4 Å². The van der Waals surface area contributed by atoms with E-state index >= 15 is 0 Å². The summed E-state index contributed by atoms with van der Waals surface area (Å²) in [5.41, 5.74) is 0. The fourth-order valence-electron chi connectivity index (χ4n) is 3.59. The number of hydrogen-bond donors (Lipinski definition) is 4. The van der Waals surface area contributed by atoms with E-state index in [0.29, 0.717) is 17.7 Å². The average Bonchev–Trinajstić information content (AvgIpc) is 3.22. The molecule has 0 aromatic heterocycles. The average molecular weight is 403 g/mol. The number of ether oxygens (including phenoxy) is 1. The van der Waals surface area contributed by atoms with Gasteiger partial charge in [0.25, 0.3) is 0 Å². The van der Waals surface area contributed by atoms with E-state index in [4.69, 9.17) is 4.74 Å². The molecule has 0 bridgehead atoms. The highest BCUT2D eigenvalue weighted by Gasteiger charge is 2.44. The second-order valence-corrected chi connectivity index (χ2v) is 9.28. The minimum atomic E-state index is -0.738. The van der Waals surface area contributed by atoms with Gasteiger partial charge >= 0.3 is 6.09 Å². The van der Waals surface area contributed by atoms with Crippen LogP contribution in [0, 0.1) is 5.92 Å². The van der Waals surface area contributed by atoms with Crippen molar-refractivity contribution < 1.29 is 19.1 Å². The third kappa shape index (κ3) is 4.47. The second-order valence-electron chi connectivity index (χ2n) is 6.68. The Hall–Kier alpha value is -0.970. The van der Waals surface area contributed by atoms with Gasteiger partial charge in [-0.25, -0.2) is 4.79 Å². The fourth-order valence-corrected chi connectivity index (χ4v) is 6.44. The topological polar surface area (TPSA) is 109 Å². The summed E-state index contributed by atoms with van der Waals surface area (Å²) in [4.78, 5) is 36.4. The molecule has 6 atom stereocenters. The highest BCUT2D eigenvalue weighted by Crippen LogP contribution is 2.35. The molecule has 3 amide bonds. The zero-order valence-electron chi connectivity index (χ0n) is 14.9. The Bertz CT molecular complexity index is 564. The molecule has 0 aromatic rings. The van der Waals surface area contributed by atoms with Crippen LogP contribution in [0.2, 0.25) is 0 Å². The monoisotopic (exact) mass is 402 g/mol. The Labute approximate surface area is 161 Å². The molecule has 3 heterocycles. The number of carbonyl (C=O) groups excluding carboxylic acids is 3. The Morgan fingerprint density at radius 3 is 2.77 bits per heavy atom. The highest BCUT2D eigenvalue weighted by atomic mass is 32.2. The molecule has 0 aliphatic carbocycles. The smallest absolute Gasteiger partial charge is 0.413 e. The molecule has 10 heteroatoms. The first kappa shape index (κ1) is 19.8. The molecule has 3 aliphatic heterocycles. The van der Waals surface area contributed by atoms with E-state index in [2.05, 4.69) is 28.2 Å². The Morgan fingerprint density at radius 1 is 1.23 bits per heavy atom. The molecule has 3 saturated heterocycles. The molecular weight excluding hydrogens is 376 g/mol. The summed E-state index contributed by atoms with van der Waals surface area (Å²) in [6.45, 7) is 4.99. The highest BCUT2D eigenvalue weighted by molar-refractivity contribution is 8.01. The quantitative estimate of drug-likeness (QED) is 0.529. The lowest BCUT2D eigenvalue weighted by Gasteiger charge is -2.31. The van der Waals surface area contributed by atoms with Gasteiger partial charge in [-0.3, -0.25) is 20.2 Å². The number of nitrogens with one attached hydrogen (secondary N) is 4. The van der Waals surface area contributed by atoms with Crippen LogP contribution in [0.1, 0.15) is 26.7 Å². The van der Waals surface area contributed by atoms with E-state index in [1.54, 1.807) is 18.7 Å². The normalized spacial score (nSPS) is 36.2. The summed E-state index contributed by atoms with van der Waals surface area (Å²) >= 11 is 3.21. The lowest BCUT2D eigenvalue weighted by Crippen LogP contribution is -2.55. The van der Waals surface area contributed by atoms with Gasteiger partial charge in [0.05, 0.1) is 17.9 Å². The predicted octanol–water partition coefficient (Wildman–Crippen LogP) is 0.236. The molecule has 6 unspecified atom stereocenters. The van der Waals surface area contributed by atoms with Crippen molar-refractivity contribution in [1.29, 1.82) is 0 Å². The summed E-state index contributed by atoms with van der Waals surface area (Å²) in [6.07, 6.45) is 0.926. The lowest BCUT2D eigenvalue weighted by atomic mass is 9.99. The first-order chi connectivity index (χ1) is 12.5. The van der Waals surface area contributed by atoms with Crippen LogP contribution in [0.4, 0.5) is 4.79 Å². The van der Waals surface area contributed by atoms with E-state index in [1.165, 1.54) is 11.8 Å². The van der Waals surface area contributed by atoms with Gasteiger partial charge in [-0.2, -0.15) is 0 Å². The van der Waals surface area contributed by atoms with E-state index in [-0.39, 0.29) is 29.3 Å². The van der Waals surface area contributed by atoms with Crippen LogP contribution in [0.3, 0.4) is 0 Å². The van der Waals surface area contributed by atoms with Crippen LogP contribution in [0.15, 0.2) is 0 Å². The number of thioether (sulfide) groups is 2. The molecule has 4 N–H and O–H groups in total. The van der Waals surface area contributed by atoms with Gasteiger partial charge in [0, 0.05) is 17.3 Å². The molecule has 3 fully saturated rings. The molecule has 26 heavy (non-hydrogen) atoms. The molecule has 3 rings (SSSR count). The second kappa shape index (κ2) is 8.81. The number of rotatable bonds is 4. The van der Waals surface area contributed by atoms with Gasteiger partial charge in [-0.05, 0) is 39.0 Å². The summed E-state index contributed by atoms with van der Waals surface area (Å²) in [6, 6.07) is 0.617. The minimum Gasteiger partial charge on any atom is -0.450 e. The zero-order valence-corrected chi connectivity index (χ0v) is 16.6. The first-order valence-corrected chi connectivity index (χ1v) is 11.0. The molecular formula is C16H26N4O4S2. The number of piperidine rings is 1. The van der Waals surface area contributed by atoms with Crippen molar-refractivity contribution in [2.75, 3.05) is 18.9 Å². The molecule has 3 aliphatic rings. The van der Waals surface area contributed by atoms with Crippen molar-refractivity contribution in [1.82, 2.24) is 21.3 Å². The van der Waals surface area contributed by atoms with E-state index in [0.717, 1.165) is 18.7 Å². The number of carbonyl (C=O) groups is 3. The largest absolute Gasteiger partial charge is 0.450 e. The number of amides is 3. The van der Waals surface area contributed by atoms with E-state index < -0.39 is 17.9 Å². The predicted molar refractivity (Wildman–Crippen MR) is 102 cm³/mol. The first-order valence-electron chi connectivity index (χ1n) is 9.04. The van der Waals surface area contributed by atoms with Crippen LogP contribution >= 0.6 is 23.5 Å². The van der Waals surface area contributed by atoms with Crippen molar-refractivity contribution >= 4 is 41.4 Å². The third-order valence-electron chi connectivity index (χ3n) is 4.94. The van der Waals surface area contributed by atoms with Crippen LogP contribution in [-0.2, 0) is 14.3 Å². The van der Waals surface area contributed by atoms with Gasteiger partial charge in [0.2, 0.25) is 11.8 Å². The van der Waals surface area contributed by atoms with Crippen molar-refractivity contribution in [3.8, 4) is 0 Å². The Kier molecular flexibility index (Phi) is 6.70. The summed E-state index contributed by atoms with van der Waals surface area (Å²) in [7, 11) is 0. The van der Waals surface area contributed by atoms with Crippen molar-refractivity contribution in [3.05, 3.63) is 0 Å². The maximum atomic E-state index is 12.7. The number of hydrogen-bond acceptors (Lipinski definition) is 8. The summed E-state index contributed by atoms with van der Waals surface area (Å²) < 4.78 is 4.75. The van der Waals surface area contributed by atoms with Gasteiger partial charge in [0.15, 0.2) is 0 Å². The molecule has 0 radical (unpaired) electrons. The number of fused-ring (bicyclic) bond motifs is 1. The van der Waals surface area contributed by atoms with Crippen molar-refractivity contribution in [2.45, 2.75) is 54.8 Å². The van der Waals surface area contributed by atoms with Gasteiger partial charge in [0.1, 0.15) is 5.37 Å². The van der Waals surface area contributed by atoms with Crippen LogP contribution in [0.25, 0.3) is 0 Å². The minimum absolute atomic E-state index is 0.0927. The van der Waals surface area contributed by atoms with E-state index in [1.807, 2.05) is 0 Å². The zero-order chi connectivity index (χ0) is 18.7. The summed E-state index contributed by atoms with van der Waals surface area (Å²) in [5.74, 6) is -0.145. The van der Waals surface area contributed by atoms with Gasteiger partial charge in [-0.15, -0.1) is 23.5 Å². The molecule has 0 spiro atoms. The third-order valence-corrected chi connectivity index (χ3v) is 7.72. The number of imide groups is 1. The van der Waals surface area contributed by atoms with Crippen LogP contribution in [0.5, 0.6) is 0 Å². The summed E-state index contributed by atoms with van der Waals surface area (Å²) in [5, 5.41) is 11.9. The van der Waals surface area contributed by atoms with E-state index in [9.17, 15) is 14.4 Å². The van der Waals surface area contributed by atoms with Crippen LogP contribution < -0.4 is 21.3 Å². The van der Waals surface area contributed by atoms with Gasteiger partial charge in [-0.1, -0.05) is 0 Å². The molecule has 0 saturated carbocycles.